The Labute approximate surface area is 37.1 Å². The Hall–Kier alpha value is -0.0800. The van der Waals surface area contributed by atoms with E-state index in [1.807, 2.05) is 0 Å². The molecule has 2 rings (SSSR count). The molecule has 2 unspecified atom stereocenters. The van der Waals surface area contributed by atoms with E-state index in [1.165, 1.54) is 6.42 Å². The number of hydrogen-bond acceptors (Lipinski definition) is 2. The molecule has 2 heterocycles. The minimum Gasteiger partial charge on any atom is -0.235 e. The number of fused-ring (bicyclic) bond motifs is 1. The van der Waals surface area contributed by atoms with Gasteiger partial charge in [-0.15, -0.1) is 0 Å². The zero-order chi connectivity index (χ0) is 3.98. The van der Waals surface area contributed by atoms with Crippen molar-refractivity contribution in [1.82, 2.24) is 10.4 Å². The van der Waals surface area contributed by atoms with Crippen LogP contribution in [0.3, 0.4) is 0 Å². The first-order valence-electron chi connectivity index (χ1n) is 2.31. The highest BCUT2D eigenvalue weighted by atomic mass is 15.8. The predicted octanol–water partition coefficient (Wildman–Crippen LogP) is -0.259. The molecule has 2 nitrogen and oxygen atoms in total. The van der Waals surface area contributed by atoms with Crippen LogP contribution in [0.5, 0.6) is 0 Å². The summed E-state index contributed by atoms with van der Waals surface area (Å²) in [5.41, 5.74) is 3.17. The maximum absolute atomic E-state index is 3.17. The third-order valence-corrected chi connectivity index (χ3v) is 1.34. The van der Waals surface area contributed by atoms with Crippen LogP contribution in [0, 0.1) is 6.42 Å². The molecule has 0 aromatic carbocycles. The molecule has 2 aliphatic heterocycles. The number of nitrogens with zero attached hydrogens (tertiary/aromatic N) is 1. The Morgan fingerprint density at radius 3 is 3.00 bits per heavy atom. The van der Waals surface area contributed by atoms with E-state index in [-0.39, 0.29) is 0 Å². The highest BCUT2D eigenvalue weighted by Crippen LogP contribution is 2.21. The summed E-state index contributed by atoms with van der Waals surface area (Å²) < 4.78 is 0. The van der Waals surface area contributed by atoms with Gasteiger partial charge in [-0.05, 0) is 12.8 Å². The Bertz CT molecular complexity index is 63.9. The molecule has 1 N–H and O–H groups in total. The van der Waals surface area contributed by atoms with Crippen LogP contribution in [0.25, 0.3) is 0 Å². The molecule has 0 bridgehead atoms. The van der Waals surface area contributed by atoms with Gasteiger partial charge in [0.15, 0.2) is 0 Å². The second kappa shape index (κ2) is 0.768. The van der Waals surface area contributed by atoms with Gasteiger partial charge in [-0.3, -0.25) is 0 Å². The van der Waals surface area contributed by atoms with Gasteiger partial charge in [-0.1, -0.05) is 0 Å². The molecule has 6 heavy (non-hydrogen) atoms. The lowest BCUT2D eigenvalue weighted by Crippen LogP contribution is -1.98. The monoisotopic (exact) mass is 83.1 g/mol. The highest BCUT2D eigenvalue weighted by Gasteiger charge is 2.37. The van der Waals surface area contributed by atoms with E-state index in [1.54, 1.807) is 0 Å². The van der Waals surface area contributed by atoms with Crippen LogP contribution in [-0.2, 0) is 0 Å². The van der Waals surface area contributed by atoms with E-state index in [2.05, 4.69) is 16.9 Å². The average molecular weight is 83.1 g/mol. The van der Waals surface area contributed by atoms with Crippen molar-refractivity contribution in [2.75, 3.05) is 6.54 Å². The third-order valence-electron chi connectivity index (χ3n) is 1.34. The van der Waals surface area contributed by atoms with Crippen molar-refractivity contribution in [3.8, 4) is 0 Å². The summed E-state index contributed by atoms with van der Waals surface area (Å²) >= 11 is 0. The van der Waals surface area contributed by atoms with Crippen molar-refractivity contribution in [3.05, 3.63) is 6.42 Å². The first kappa shape index (κ1) is 2.99. The maximum Gasteiger partial charge on any atom is 0.0867 e. The van der Waals surface area contributed by atoms with E-state index < -0.39 is 0 Å². The molecule has 2 fully saturated rings. The van der Waals surface area contributed by atoms with Gasteiger partial charge in [0.25, 0.3) is 0 Å². The fourth-order valence-corrected chi connectivity index (χ4v) is 0.889. The van der Waals surface area contributed by atoms with Crippen molar-refractivity contribution in [3.63, 3.8) is 0 Å². The molecular formula is C4H7N2. The average Bonchev–Trinajstić information content (AvgIpc) is 2.17. The summed E-state index contributed by atoms with van der Waals surface area (Å²) in [6.45, 7) is 1.16. The molecule has 0 spiro atoms. The normalized spacial score (nSPS) is 52.0. The zero-order valence-corrected chi connectivity index (χ0v) is 3.52. The molecule has 1 radical (unpaired) electrons. The molecule has 2 atom stereocenters. The van der Waals surface area contributed by atoms with Crippen molar-refractivity contribution < 1.29 is 0 Å². The van der Waals surface area contributed by atoms with Gasteiger partial charge in [0, 0.05) is 6.54 Å². The van der Waals surface area contributed by atoms with E-state index in [0.717, 1.165) is 12.7 Å². The highest BCUT2D eigenvalue weighted by molar-refractivity contribution is 4.94. The van der Waals surface area contributed by atoms with Crippen molar-refractivity contribution in [2.24, 2.45) is 0 Å². The molecule has 0 aromatic rings. The Morgan fingerprint density at radius 1 is 1.83 bits per heavy atom. The summed E-state index contributed by atoms with van der Waals surface area (Å²) in [6, 6.07) is 0. The van der Waals surface area contributed by atoms with E-state index >= 15 is 0 Å². The van der Waals surface area contributed by atoms with Gasteiger partial charge >= 0.3 is 0 Å². The van der Waals surface area contributed by atoms with Crippen LogP contribution in [0.4, 0.5) is 0 Å². The Morgan fingerprint density at radius 2 is 2.83 bits per heavy atom. The number of rotatable bonds is 0. The van der Waals surface area contributed by atoms with Gasteiger partial charge in [0.05, 0.1) is 6.17 Å². The van der Waals surface area contributed by atoms with Crippen LogP contribution < -0.4 is 5.43 Å². The Balaban J connectivity index is 2.09. The maximum atomic E-state index is 3.17. The molecule has 2 heteroatoms. The van der Waals surface area contributed by atoms with Gasteiger partial charge in [0.1, 0.15) is 0 Å². The van der Waals surface area contributed by atoms with Crippen LogP contribution in [0.2, 0.25) is 0 Å². The zero-order valence-electron chi connectivity index (χ0n) is 3.52. The largest absolute Gasteiger partial charge is 0.235 e. The van der Waals surface area contributed by atoms with Gasteiger partial charge in [0.2, 0.25) is 0 Å². The molecular weight excluding hydrogens is 76.1 g/mol. The molecule has 2 saturated heterocycles. The lowest BCUT2D eigenvalue weighted by Gasteiger charge is -1.82. The molecule has 0 aliphatic carbocycles. The van der Waals surface area contributed by atoms with E-state index in [9.17, 15) is 0 Å². The summed E-state index contributed by atoms with van der Waals surface area (Å²) in [7, 11) is 0. The summed E-state index contributed by atoms with van der Waals surface area (Å²) in [5, 5.41) is 2.22. The smallest absolute Gasteiger partial charge is 0.0867 e. The summed E-state index contributed by atoms with van der Waals surface area (Å²) in [5.74, 6) is 0. The minimum atomic E-state index is 0.741. The number of hydrazine groups is 1. The SMILES string of the molecule is [CH]1CC2NN2C1. The Kier molecular flexibility index (Phi) is 0.383. The van der Waals surface area contributed by atoms with Crippen molar-refractivity contribution in [2.45, 2.75) is 12.6 Å². The summed E-state index contributed by atoms with van der Waals surface area (Å²) in [6.07, 6.45) is 4.28. The molecule has 2 aliphatic rings. The topological polar surface area (TPSA) is 25.0 Å². The van der Waals surface area contributed by atoms with Crippen molar-refractivity contribution in [1.29, 1.82) is 0 Å². The fraction of sp³-hybridized carbons (Fsp3) is 0.750. The third kappa shape index (κ3) is 0.235. The van der Waals surface area contributed by atoms with Crippen LogP contribution >= 0.6 is 0 Å². The first-order valence-corrected chi connectivity index (χ1v) is 2.31. The van der Waals surface area contributed by atoms with Crippen LogP contribution in [0.1, 0.15) is 6.42 Å². The van der Waals surface area contributed by atoms with Gasteiger partial charge in [-0.2, -0.15) is 0 Å². The van der Waals surface area contributed by atoms with Gasteiger partial charge in [-0.25, -0.2) is 10.4 Å². The van der Waals surface area contributed by atoms with E-state index in [0.29, 0.717) is 0 Å². The first-order chi connectivity index (χ1) is 2.97. The second-order valence-corrected chi connectivity index (χ2v) is 1.82. The van der Waals surface area contributed by atoms with Crippen LogP contribution in [-0.4, -0.2) is 17.7 Å². The molecule has 0 amide bonds. The molecule has 0 saturated carbocycles. The summed E-state index contributed by atoms with van der Waals surface area (Å²) in [4.78, 5) is 0. The standard InChI is InChI=1S/C4H7N2/c1-2-4-5-6(4)3-1/h1,4-5H,2-3H2. The molecule has 33 valence electrons. The minimum absolute atomic E-state index is 0.741. The fourth-order valence-electron chi connectivity index (χ4n) is 0.889. The number of nitrogens with one attached hydrogen (secondary N) is 1. The quantitative estimate of drug-likeness (QED) is 0.408. The number of hydrogen-bond donors (Lipinski definition) is 1. The van der Waals surface area contributed by atoms with Crippen LogP contribution in [0.15, 0.2) is 0 Å². The predicted molar refractivity (Wildman–Crippen MR) is 22.5 cm³/mol. The molecule has 0 aromatic heterocycles. The lowest BCUT2D eigenvalue weighted by molar-refractivity contribution is 0.570. The second-order valence-electron chi connectivity index (χ2n) is 1.82. The van der Waals surface area contributed by atoms with Crippen molar-refractivity contribution >= 4 is 0 Å². The van der Waals surface area contributed by atoms with Gasteiger partial charge < -0.3 is 0 Å². The van der Waals surface area contributed by atoms with E-state index in [4.69, 9.17) is 0 Å². The lowest BCUT2D eigenvalue weighted by atomic mass is 10.3.